The van der Waals surface area contributed by atoms with Gasteiger partial charge in [0.05, 0.1) is 12.5 Å². The molecular formula is C24H27F3O3. The average Bonchev–Trinajstić information content (AvgIpc) is 2.72. The van der Waals surface area contributed by atoms with Gasteiger partial charge in [-0.15, -0.1) is 0 Å². The minimum atomic E-state index is -1.53. The highest BCUT2D eigenvalue weighted by molar-refractivity contribution is 5.74. The standard InChI is InChI=1S/C24H27F3O3/c1-3-5-14-6-8-17(19(10-14)24(29)30-4-2)18-9-7-15(13-22(18)28)16-11-20(25)23(27)21(26)12-16/h7,9,11-14,17,19,28H,3-6,8,10H2,1-2H3/t14?,17-,19?/m0/s1. The molecule has 0 aromatic heterocycles. The third-order valence-electron chi connectivity index (χ3n) is 5.99. The van der Waals surface area contributed by atoms with Gasteiger partial charge in [0.15, 0.2) is 17.5 Å². The quantitative estimate of drug-likeness (QED) is 0.438. The minimum absolute atomic E-state index is 0.0501. The third-order valence-corrected chi connectivity index (χ3v) is 5.99. The van der Waals surface area contributed by atoms with E-state index in [-0.39, 0.29) is 29.1 Å². The molecule has 2 aromatic rings. The Kier molecular flexibility index (Phi) is 7.06. The first-order chi connectivity index (χ1) is 14.3. The molecule has 3 nitrogen and oxygen atoms in total. The molecule has 1 aliphatic carbocycles. The van der Waals surface area contributed by atoms with Crippen molar-refractivity contribution in [1.29, 1.82) is 0 Å². The zero-order valence-electron chi connectivity index (χ0n) is 17.3. The van der Waals surface area contributed by atoms with E-state index in [0.29, 0.717) is 30.1 Å². The lowest BCUT2D eigenvalue weighted by Gasteiger charge is -2.35. The van der Waals surface area contributed by atoms with Crippen molar-refractivity contribution in [3.05, 3.63) is 53.3 Å². The van der Waals surface area contributed by atoms with Crippen LogP contribution in [0.15, 0.2) is 30.3 Å². The number of carbonyl (C=O) groups is 1. The Morgan fingerprint density at radius 1 is 1.07 bits per heavy atom. The summed E-state index contributed by atoms with van der Waals surface area (Å²) in [6, 6.07) is 6.50. The summed E-state index contributed by atoms with van der Waals surface area (Å²) in [6.45, 7) is 4.19. The van der Waals surface area contributed by atoms with Gasteiger partial charge in [-0.2, -0.15) is 0 Å². The van der Waals surface area contributed by atoms with Crippen molar-refractivity contribution in [2.24, 2.45) is 11.8 Å². The van der Waals surface area contributed by atoms with Gasteiger partial charge < -0.3 is 9.84 Å². The summed E-state index contributed by atoms with van der Waals surface area (Å²) in [4.78, 5) is 12.6. The first kappa shape index (κ1) is 22.2. The maximum atomic E-state index is 13.6. The van der Waals surface area contributed by atoms with Crippen LogP contribution in [-0.4, -0.2) is 17.7 Å². The fourth-order valence-electron chi connectivity index (χ4n) is 4.57. The molecule has 2 unspecified atom stereocenters. The van der Waals surface area contributed by atoms with Crippen LogP contribution < -0.4 is 0 Å². The molecule has 0 radical (unpaired) electrons. The van der Waals surface area contributed by atoms with Crippen molar-refractivity contribution in [2.75, 3.05) is 6.61 Å². The van der Waals surface area contributed by atoms with E-state index in [2.05, 4.69) is 6.92 Å². The highest BCUT2D eigenvalue weighted by atomic mass is 19.2. The number of hydrogen-bond acceptors (Lipinski definition) is 3. The van der Waals surface area contributed by atoms with Crippen LogP contribution in [0, 0.1) is 29.3 Å². The van der Waals surface area contributed by atoms with Crippen LogP contribution >= 0.6 is 0 Å². The molecule has 0 spiro atoms. The lowest BCUT2D eigenvalue weighted by atomic mass is 9.70. The summed E-state index contributed by atoms with van der Waals surface area (Å²) in [5, 5.41) is 10.7. The molecule has 0 bridgehead atoms. The number of aromatic hydroxyl groups is 1. The predicted molar refractivity (Wildman–Crippen MR) is 109 cm³/mol. The number of carbonyl (C=O) groups excluding carboxylic acids is 1. The number of hydrogen-bond donors (Lipinski definition) is 1. The molecule has 1 saturated carbocycles. The number of rotatable bonds is 6. The lowest BCUT2D eigenvalue weighted by Crippen LogP contribution is -2.31. The Morgan fingerprint density at radius 2 is 1.77 bits per heavy atom. The van der Waals surface area contributed by atoms with Crippen LogP contribution in [0.2, 0.25) is 0 Å². The number of benzene rings is 2. The van der Waals surface area contributed by atoms with Gasteiger partial charge in [-0.05, 0) is 67.0 Å². The van der Waals surface area contributed by atoms with Crippen LogP contribution in [0.4, 0.5) is 13.2 Å². The molecule has 3 rings (SSSR count). The Balaban J connectivity index is 1.91. The molecule has 6 heteroatoms. The zero-order chi connectivity index (χ0) is 21.8. The van der Waals surface area contributed by atoms with E-state index in [9.17, 15) is 23.1 Å². The molecule has 162 valence electrons. The van der Waals surface area contributed by atoms with E-state index in [0.717, 1.165) is 37.8 Å². The number of phenolic OH excluding ortho intramolecular Hbond substituents is 1. The highest BCUT2D eigenvalue weighted by Crippen LogP contribution is 2.45. The maximum absolute atomic E-state index is 13.6. The van der Waals surface area contributed by atoms with Crippen LogP contribution in [-0.2, 0) is 9.53 Å². The number of esters is 1. The Bertz CT molecular complexity index is 890. The summed E-state index contributed by atoms with van der Waals surface area (Å²) >= 11 is 0. The van der Waals surface area contributed by atoms with Crippen molar-refractivity contribution in [3.8, 4) is 16.9 Å². The van der Waals surface area contributed by atoms with Crippen LogP contribution in [0.25, 0.3) is 11.1 Å². The van der Waals surface area contributed by atoms with E-state index in [4.69, 9.17) is 4.74 Å². The summed E-state index contributed by atoms with van der Waals surface area (Å²) in [6.07, 6.45) is 4.53. The molecule has 1 fully saturated rings. The summed E-state index contributed by atoms with van der Waals surface area (Å²) in [7, 11) is 0. The molecule has 30 heavy (non-hydrogen) atoms. The minimum Gasteiger partial charge on any atom is -0.508 e. The summed E-state index contributed by atoms with van der Waals surface area (Å²) < 4.78 is 45.7. The second-order valence-corrected chi connectivity index (χ2v) is 7.96. The molecule has 3 atom stereocenters. The second kappa shape index (κ2) is 9.54. The van der Waals surface area contributed by atoms with Gasteiger partial charge in [0, 0.05) is 5.92 Å². The van der Waals surface area contributed by atoms with E-state index < -0.39 is 17.5 Å². The largest absolute Gasteiger partial charge is 0.508 e. The van der Waals surface area contributed by atoms with Gasteiger partial charge >= 0.3 is 5.97 Å². The van der Waals surface area contributed by atoms with Crippen molar-refractivity contribution >= 4 is 5.97 Å². The van der Waals surface area contributed by atoms with E-state index in [1.807, 2.05) is 0 Å². The number of halogens is 3. The Hall–Kier alpha value is -2.50. The molecule has 2 aromatic carbocycles. The first-order valence-corrected chi connectivity index (χ1v) is 10.5. The number of phenols is 1. The maximum Gasteiger partial charge on any atom is 0.309 e. The average molecular weight is 420 g/mol. The van der Waals surface area contributed by atoms with Gasteiger partial charge in [0.2, 0.25) is 0 Å². The molecule has 1 N–H and O–H groups in total. The van der Waals surface area contributed by atoms with Gasteiger partial charge in [-0.25, -0.2) is 13.2 Å². The van der Waals surface area contributed by atoms with E-state index >= 15 is 0 Å². The molecule has 1 aliphatic rings. The van der Waals surface area contributed by atoms with Gasteiger partial charge in [0.1, 0.15) is 5.75 Å². The smallest absolute Gasteiger partial charge is 0.309 e. The molecule has 0 aliphatic heterocycles. The van der Waals surface area contributed by atoms with E-state index in [1.54, 1.807) is 19.1 Å². The van der Waals surface area contributed by atoms with Crippen molar-refractivity contribution in [1.82, 2.24) is 0 Å². The van der Waals surface area contributed by atoms with Crippen LogP contribution in [0.1, 0.15) is 57.4 Å². The van der Waals surface area contributed by atoms with Crippen molar-refractivity contribution < 1.29 is 27.8 Å². The van der Waals surface area contributed by atoms with E-state index in [1.165, 1.54) is 6.07 Å². The SMILES string of the molecule is CCCC1CC[C@@H](c2ccc(-c3cc(F)c(F)c(F)c3)cc2O)C(C(=O)OCC)C1. The monoisotopic (exact) mass is 420 g/mol. The molecule has 0 amide bonds. The lowest BCUT2D eigenvalue weighted by molar-refractivity contribution is -0.150. The topological polar surface area (TPSA) is 46.5 Å². The fraction of sp³-hybridized carbons (Fsp3) is 0.458. The van der Waals surface area contributed by atoms with Crippen LogP contribution in [0.3, 0.4) is 0 Å². The third kappa shape index (κ3) is 4.63. The summed E-state index contributed by atoms with van der Waals surface area (Å²) in [5.41, 5.74) is 1.11. The molecule has 0 saturated heterocycles. The van der Waals surface area contributed by atoms with Gasteiger partial charge in [0.25, 0.3) is 0 Å². The first-order valence-electron chi connectivity index (χ1n) is 10.5. The van der Waals surface area contributed by atoms with Gasteiger partial charge in [-0.1, -0.05) is 31.9 Å². The normalized spacial score (nSPS) is 21.4. The van der Waals surface area contributed by atoms with Crippen molar-refractivity contribution in [2.45, 2.75) is 51.9 Å². The Labute approximate surface area is 174 Å². The van der Waals surface area contributed by atoms with Crippen LogP contribution in [0.5, 0.6) is 5.75 Å². The molecular weight excluding hydrogens is 393 g/mol. The zero-order valence-corrected chi connectivity index (χ0v) is 17.3. The second-order valence-electron chi connectivity index (χ2n) is 7.96. The number of ether oxygens (including phenoxy) is 1. The highest BCUT2D eigenvalue weighted by Gasteiger charge is 2.37. The Morgan fingerprint density at radius 3 is 2.37 bits per heavy atom. The summed E-state index contributed by atoms with van der Waals surface area (Å²) in [5.74, 6) is -4.48. The predicted octanol–water partition coefficient (Wildman–Crippen LogP) is 6.34. The van der Waals surface area contributed by atoms with Crippen molar-refractivity contribution in [3.63, 3.8) is 0 Å². The molecule has 0 heterocycles. The fourth-order valence-corrected chi connectivity index (χ4v) is 4.57. The van der Waals surface area contributed by atoms with Gasteiger partial charge in [-0.3, -0.25) is 4.79 Å².